The number of nitrogens with two attached hydrogens (primary N) is 1. The molecular formula is C16H17Br2NO. The van der Waals surface area contributed by atoms with Gasteiger partial charge in [0.1, 0.15) is 5.75 Å². The molecule has 0 saturated heterocycles. The Hall–Kier alpha value is -0.840. The van der Waals surface area contributed by atoms with Crippen LogP contribution >= 0.6 is 31.9 Å². The normalized spacial score (nSPS) is 12.2. The Morgan fingerprint density at radius 1 is 1.05 bits per heavy atom. The van der Waals surface area contributed by atoms with Crippen molar-refractivity contribution in [2.75, 3.05) is 7.11 Å². The highest BCUT2D eigenvalue weighted by atomic mass is 79.9. The highest BCUT2D eigenvalue weighted by Crippen LogP contribution is 2.26. The van der Waals surface area contributed by atoms with E-state index in [4.69, 9.17) is 10.5 Å². The molecule has 0 aromatic heterocycles. The van der Waals surface area contributed by atoms with Crippen molar-refractivity contribution in [1.29, 1.82) is 0 Å². The van der Waals surface area contributed by atoms with Gasteiger partial charge in [0.2, 0.25) is 0 Å². The number of halogens is 2. The quantitative estimate of drug-likeness (QED) is 0.813. The minimum atomic E-state index is 0.101. The zero-order valence-electron chi connectivity index (χ0n) is 11.3. The Balaban J connectivity index is 2.01. The van der Waals surface area contributed by atoms with Gasteiger partial charge in [0.05, 0.1) is 11.6 Å². The summed E-state index contributed by atoms with van der Waals surface area (Å²) >= 11 is 6.98. The molecule has 2 nitrogen and oxygen atoms in total. The van der Waals surface area contributed by atoms with Crippen LogP contribution in [0, 0.1) is 0 Å². The van der Waals surface area contributed by atoms with Crippen molar-refractivity contribution in [2.45, 2.75) is 18.9 Å². The van der Waals surface area contributed by atoms with Crippen LogP contribution in [0.25, 0.3) is 0 Å². The van der Waals surface area contributed by atoms with Gasteiger partial charge in [-0.3, -0.25) is 0 Å². The fourth-order valence-corrected chi connectivity index (χ4v) is 3.21. The monoisotopic (exact) mass is 397 g/mol. The number of hydrogen-bond donors (Lipinski definition) is 1. The maximum absolute atomic E-state index is 6.25. The molecule has 2 aromatic carbocycles. The summed E-state index contributed by atoms with van der Waals surface area (Å²) in [5, 5.41) is 0. The van der Waals surface area contributed by atoms with Gasteiger partial charge in [-0.05, 0) is 64.2 Å². The van der Waals surface area contributed by atoms with Gasteiger partial charge in [-0.25, -0.2) is 0 Å². The molecule has 0 saturated carbocycles. The molecule has 2 aromatic rings. The third-order valence-electron chi connectivity index (χ3n) is 3.10. The summed E-state index contributed by atoms with van der Waals surface area (Å²) in [4.78, 5) is 0. The van der Waals surface area contributed by atoms with E-state index in [2.05, 4.69) is 56.1 Å². The van der Waals surface area contributed by atoms with Crippen molar-refractivity contribution in [3.05, 3.63) is 62.5 Å². The summed E-state index contributed by atoms with van der Waals surface area (Å²) in [5.74, 6) is 0.842. The summed E-state index contributed by atoms with van der Waals surface area (Å²) in [6.07, 6.45) is 1.71. The Morgan fingerprint density at radius 2 is 1.75 bits per heavy atom. The molecule has 0 aliphatic carbocycles. The van der Waals surface area contributed by atoms with Gasteiger partial charge in [-0.1, -0.05) is 34.1 Å². The zero-order chi connectivity index (χ0) is 14.5. The summed E-state index contributed by atoms with van der Waals surface area (Å²) < 4.78 is 7.29. The smallest absolute Gasteiger partial charge is 0.133 e. The molecule has 0 heterocycles. The van der Waals surface area contributed by atoms with Crippen molar-refractivity contribution in [2.24, 2.45) is 5.73 Å². The maximum Gasteiger partial charge on any atom is 0.133 e. The van der Waals surface area contributed by atoms with E-state index in [1.54, 1.807) is 7.11 Å². The van der Waals surface area contributed by atoms with E-state index in [0.717, 1.165) is 27.5 Å². The molecule has 0 fully saturated rings. The van der Waals surface area contributed by atoms with Crippen molar-refractivity contribution < 1.29 is 4.74 Å². The Morgan fingerprint density at radius 3 is 2.35 bits per heavy atom. The lowest BCUT2D eigenvalue weighted by Crippen LogP contribution is -2.25. The van der Waals surface area contributed by atoms with E-state index < -0.39 is 0 Å². The third-order valence-corrected chi connectivity index (χ3v) is 4.21. The van der Waals surface area contributed by atoms with Crippen LogP contribution in [0.3, 0.4) is 0 Å². The van der Waals surface area contributed by atoms with E-state index in [-0.39, 0.29) is 6.04 Å². The molecule has 0 aliphatic rings. The first-order valence-electron chi connectivity index (χ1n) is 6.41. The first-order chi connectivity index (χ1) is 9.58. The topological polar surface area (TPSA) is 35.2 Å². The second-order valence-electron chi connectivity index (χ2n) is 4.77. The molecule has 0 radical (unpaired) electrons. The predicted molar refractivity (Wildman–Crippen MR) is 90.2 cm³/mol. The van der Waals surface area contributed by atoms with Crippen molar-refractivity contribution >= 4 is 31.9 Å². The van der Waals surface area contributed by atoms with Gasteiger partial charge >= 0.3 is 0 Å². The van der Waals surface area contributed by atoms with Gasteiger partial charge in [-0.2, -0.15) is 0 Å². The summed E-state index contributed by atoms with van der Waals surface area (Å²) in [6.45, 7) is 0. The Labute approximate surface area is 136 Å². The van der Waals surface area contributed by atoms with Crippen LogP contribution in [-0.4, -0.2) is 13.2 Å². The van der Waals surface area contributed by atoms with Gasteiger partial charge < -0.3 is 10.5 Å². The molecule has 1 atom stereocenters. The lowest BCUT2D eigenvalue weighted by atomic mass is 10.00. The first-order valence-corrected chi connectivity index (χ1v) is 7.99. The first kappa shape index (κ1) is 15.5. The van der Waals surface area contributed by atoms with E-state index in [9.17, 15) is 0 Å². The van der Waals surface area contributed by atoms with E-state index >= 15 is 0 Å². The minimum absolute atomic E-state index is 0.101. The van der Waals surface area contributed by atoms with Crippen molar-refractivity contribution in [3.63, 3.8) is 0 Å². The molecule has 106 valence electrons. The minimum Gasteiger partial charge on any atom is -0.496 e. The highest BCUT2D eigenvalue weighted by Gasteiger charge is 2.08. The highest BCUT2D eigenvalue weighted by molar-refractivity contribution is 9.10. The molecule has 20 heavy (non-hydrogen) atoms. The third kappa shape index (κ3) is 4.33. The maximum atomic E-state index is 6.25. The van der Waals surface area contributed by atoms with Crippen molar-refractivity contribution in [1.82, 2.24) is 0 Å². The van der Waals surface area contributed by atoms with Crippen LogP contribution in [0.4, 0.5) is 0 Å². The number of ether oxygens (including phenoxy) is 1. The van der Waals surface area contributed by atoms with Crippen LogP contribution in [0.15, 0.2) is 51.4 Å². The standard InChI is InChI=1S/C16H17Br2NO/c1-20-16-6-5-12(10-15(16)18)9-14(19)8-11-3-2-4-13(17)7-11/h2-7,10,14H,8-9,19H2,1H3. The zero-order valence-corrected chi connectivity index (χ0v) is 14.4. The number of benzene rings is 2. The van der Waals surface area contributed by atoms with Gasteiger partial charge in [0, 0.05) is 10.5 Å². The molecule has 0 bridgehead atoms. The van der Waals surface area contributed by atoms with Gasteiger partial charge in [0.25, 0.3) is 0 Å². The SMILES string of the molecule is COc1ccc(CC(N)Cc2cccc(Br)c2)cc1Br. The molecule has 4 heteroatoms. The van der Waals surface area contributed by atoms with E-state index in [0.29, 0.717) is 0 Å². The predicted octanol–water partition coefficient (Wildman–Crippen LogP) is 4.33. The fraction of sp³-hybridized carbons (Fsp3) is 0.250. The van der Waals surface area contributed by atoms with Gasteiger partial charge in [0.15, 0.2) is 0 Å². The van der Waals surface area contributed by atoms with Crippen LogP contribution in [0.5, 0.6) is 5.75 Å². The van der Waals surface area contributed by atoms with E-state index in [1.807, 2.05) is 18.2 Å². The Kier molecular flexibility index (Phi) is 5.64. The fourth-order valence-electron chi connectivity index (χ4n) is 2.18. The number of hydrogen-bond acceptors (Lipinski definition) is 2. The summed E-state index contributed by atoms with van der Waals surface area (Å²) in [6, 6.07) is 14.5. The van der Waals surface area contributed by atoms with Crippen LogP contribution in [0.1, 0.15) is 11.1 Å². The lowest BCUT2D eigenvalue weighted by Gasteiger charge is -2.13. The molecule has 0 spiro atoms. The van der Waals surface area contributed by atoms with E-state index in [1.165, 1.54) is 11.1 Å². The average Bonchev–Trinajstić information content (AvgIpc) is 2.38. The van der Waals surface area contributed by atoms with Gasteiger partial charge in [-0.15, -0.1) is 0 Å². The lowest BCUT2D eigenvalue weighted by molar-refractivity contribution is 0.412. The number of rotatable bonds is 5. The second kappa shape index (κ2) is 7.25. The average molecular weight is 399 g/mol. The largest absolute Gasteiger partial charge is 0.496 e. The summed E-state index contributed by atoms with van der Waals surface area (Å²) in [7, 11) is 1.67. The molecular weight excluding hydrogens is 382 g/mol. The molecule has 0 amide bonds. The molecule has 0 aliphatic heterocycles. The Bertz CT molecular complexity index is 586. The molecule has 2 rings (SSSR count). The van der Waals surface area contributed by atoms with Crippen LogP contribution < -0.4 is 10.5 Å². The number of methoxy groups -OCH3 is 1. The second-order valence-corrected chi connectivity index (χ2v) is 6.54. The summed E-state index contributed by atoms with van der Waals surface area (Å²) in [5.41, 5.74) is 8.70. The van der Waals surface area contributed by atoms with Crippen LogP contribution in [-0.2, 0) is 12.8 Å². The van der Waals surface area contributed by atoms with Crippen molar-refractivity contribution in [3.8, 4) is 5.75 Å². The van der Waals surface area contributed by atoms with Crippen LogP contribution in [0.2, 0.25) is 0 Å². The molecule has 2 N–H and O–H groups in total. The molecule has 1 unspecified atom stereocenters.